The quantitative estimate of drug-likeness (QED) is 0.782. The second kappa shape index (κ2) is 7.97. The average molecular weight is 319 g/mol. The Morgan fingerprint density at radius 1 is 1.35 bits per heavy atom. The Labute approximate surface area is 127 Å². The van der Waals surface area contributed by atoms with Gasteiger partial charge in [-0.05, 0) is 18.6 Å². The number of hydrogen-bond acceptors (Lipinski definition) is 3. The second-order valence-electron chi connectivity index (χ2n) is 4.22. The van der Waals surface area contributed by atoms with Gasteiger partial charge in [0, 0.05) is 13.5 Å². The van der Waals surface area contributed by atoms with Gasteiger partial charge in [0.15, 0.2) is 0 Å². The van der Waals surface area contributed by atoms with E-state index in [4.69, 9.17) is 33.7 Å². The Balaban J connectivity index is 2.33. The van der Waals surface area contributed by atoms with E-state index in [1.165, 1.54) is 11.9 Å². The second-order valence-corrected chi connectivity index (χ2v) is 5.01. The maximum Gasteiger partial charge on any atom is 0.237 e. The first-order chi connectivity index (χ1) is 9.41. The Morgan fingerprint density at radius 3 is 2.70 bits per heavy atom. The fourth-order valence-corrected chi connectivity index (χ4v) is 1.86. The van der Waals surface area contributed by atoms with Gasteiger partial charge in [0.05, 0.1) is 18.2 Å². The van der Waals surface area contributed by atoms with Crippen LogP contribution >= 0.6 is 23.2 Å². The lowest BCUT2D eigenvalue weighted by molar-refractivity contribution is -0.133. The van der Waals surface area contributed by atoms with Crippen LogP contribution in [0.2, 0.25) is 10.0 Å². The van der Waals surface area contributed by atoms with Crippen molar-refractivity contribution < 1.29 is 14.3 Å². The van der Waals surface area contributed by atoms with Crippen LogP contribution < -0.4 is 10.5 Å². The Bertz CT molecular complexity index is 495. The molecule has 0 aliphatic carbocycles. The maximum absolute atomic E-state index is 11.6. The molecule has 0 spiro atoms. The van der Waals surface area contributed by atoms with Crippen LogP contribution in [0.5, 0.6) is 5.75 Å². The number of ether oxygens (including phenoxy) is 1. The van der Waals surface area contributed by atoms with Crippen LogP contribution in [0.25, 0.3) is 0 Å². The third-order valence-electron chi connectivity index (χ3n) is 2.53. The van der Waals surface area contributed by atoms with Gasteiger partial charge in [-0.3, -0.25) is 9.59 Å². The van der Waals surface area contributed by atoms with Crippen molar-refractivity contribution in [2.24, 2.45) is 5.73 Å². The van der Waals surface area contributed by atoms with E-state index in [0.29, 0.717) is 28.8 Å². The molecule has 1 rings (SSSR count). The van der Waals surface area contributed by atoms with Crippen LogP contribution in [-0.2, 0) is 9.59 Å². The number of hydrogen-bond donors (Lipinski definition) is 1. The predicted octanol–water partition coefficient (Wildman–Crippen LogP) is 2.10. The molecule has 7 heteroatoms. The Morgan fingerprint density at radius 2 is 2.05 bits per heavy atom. The fraction of sp³-hybridized carbons (Fsp3) is 0.385. The highest BCUT2D eigenvalue weighted by atomic mass is 35.5. The van der Waals surface area contributed by atoms with Crippen molar-refractivity contribution in [3.05, 3.63) is 28.2 Å². The minimum Gasteiger partial charge on any atom is -0.492 e. The van der Waals surface area contributed by atoms with Crippen molar-refractivity contribution in [2.75, 3.05) is 20.2 Å². The monoisotopic (exact) mass is 318 g/mol. The number of nitrogens with two attached hydrogens (primary N) is 1. The van der Waals surface area contributed by atoms with Crippen molar-refractivity contribution >= 4 is 35.0 Å². The van der Waals surface area contributed by atoms with Gasteiger partial charge in [-0.25, -0.2) is 0 Å². The summed E-state index contributed by atoms with van der Waals surface area (Å²) in [6, 6.07) is 5.10. The van der Waals surface area contributed by atoms with Gasteiger partial charge in [0.2, 0.25) is 11.8 Å². The van der Waals surface area contributed by atoms with Gasteiger partial charge in [-0.1, -0.05) is 29.3 Å². The van der Waals surface area contributed by atoms with E-state index in [-0.39, 0.29) is 18.9 Å². The van der Waals surface area contributed by atoms with E-state index in [1.807, 2.05) is 0 Å². The van der Waals surface area contributed by atoms with Crippen LogP contribution in [0.1, 0.15) is 12.8 Å². The van der Waals surface area contributed by atoms with Crippen molar-refractivity contribution in [3.63, 3.8) is 0 Å². The van der Waals surface area contributed by atoms with Crippen LogP contribution in [0.3, 0.4) is 0 Å². The number of carbonyl (C=O) groups is 2. The van der Waals surface area contributed by atoms with Crippen molar-refractivity contribution in [1.29, 1.82) is 0 Å². The molecule has 5 nitrogen and oxygen atoms in total. The molecule has 0 aliphatic heterocycles. The molecule has 0 bridgehead atoms. The number of carbonyl (C=O) groups excluding carboxylic acids is 2. The molecule has 0 unspecified atom stereocenters. The molecule has 110 valence electrons. The number of nitrogens with zero attached hydrogens (tertiary/aromatic N) is 1. The maximum atomic E-state index is 11.6. The molecule has 0 radical (unpaired) electrons. The Kier molecular flexibility index (Phi) is 6.61. The molecule has 0 saturated heterocycles. The van der Waals surface area contributed by atoms with Gasteiger partial charge in [0.1, 0.15) is 10.8 Å². The highest BCUT2D eigenvalue weighted by Crippen LogP contribution is 2.31. The van der Waals surface area contributed by atoms with Crippen LogP contribution in [-0.4, -0.2) is 36.9 Å². The third kappa shape index (κ3) is 5.27. The van der Waals surface area contributed by atoms with Gasteiger partial charge in [0.25, 0.3) is 0 Å². The number of benzene rings is 1. The number of halogens is 2. The summed E-state index contributed by atoms with van der Waals surface area (Å²) in [4.78, 5) is 23.6. The summed E-state index contributed by atoms with van der Waals surface area (Å²) in [7, 11) is 1.53. The van der Waals surface area contributed by atoms with Gasteiger partial charge in [-0.15, -0.1) is 0 Å². The molecular weight excluding hydrogens is 303 g/mol. The lowest BCUT2D eigenvalue weighted by Gasteiger charge is -2.15. The number of rotatable bonds is 7. The number of primary amides is 1. The van der Waals surface area contributed by atoms with E-state index in [0.717, 1.165) is 0 Å². The first-order valence-electron chi connectivity index (χ1n) is 6.01. The standard InChI is InChI=1S/C13H16Cl2N2O3/c1-17(8-11(16)18)12(19)6-3-7-20-10-5-2-4-9(14)13(10)15/h2,4-5H,3,6-8H2,1H3,(H2,16,18). The summed E-state index contributed by atoms with van der Waals surface area (Å²) in [5, 5.41) is 0.771. The predicted molar refractivity (Wildman–Crippen MR) is 78.0 cm³/mol. The van der Waals surface area contributed by atoms with Crippen molar-refractivity contribution in [1.82, 2.24) is 4.90 Å². The molecule has 0 aromatic heterocycles. The molecule has 20 heavy (non-hydrogen) atoms. The first-order valence-corrected chi connectivity index (χ1v) is 6.76. The van der Waals surface area contributed by atoms with E-state index >= 15 is 0 Å². The van der Waals surface area contributed by atoms with E-state index in [9.17, 15) is 9.59 Å². The molecular formula is C13H16Cl2N2O3. The summed E-state index contributed by atoms with van der Waals surface area (Å²) >= 11 is 11.8. The summed E-state index contributed by atoms with van der Waals surface area (Å²) in [6.45, 7) is 0.246. The number of amides is 2. The molecule has 2 N–H and O–H groups in total. The van der Waals surface area contributed by atoms with Crippen LogP contribution in [0, 0.1) is 0 Å². The normalized spacial score (nSPS) is 10.2. The van der Waals surface area contributed by atoms with E-state index < -0.39 is 5.91 Å². The van der Waals surface area contributed by atoms with Crippen molar-refractivity contribution in [2.45, 2.75) is 12.8 Å². The lowest BCUT2D eigenvalue weighted by atomic mass is 10.3. The van der Waals surface area contributed by atoms with Gasteiger partial charge >= 0.3 is 0 Å². The summed E-state index contributed by atoms with van der Waals surface area (Å²) in [5.74, 6) is -0.218. The molecule has 2 amide bonds. The molecule has 1 aromatic carbocycles. The van der Waals surface area contributed by atoms with Gasteiger partial charge in [-0.2, -0.15) is 0 Å². The molecule has 0 saturated carbocycles. The molecule has 1 aromatic rings. The SMILES string of the molecule is CN(CC(N)=O)C(=O)CCCOc1cccc(Cl)c1Cl. The van der Waals surface area contributed by atoms with Gasteiger partial charge < -0.3 is 15.4 Å². The smallest absolute Gasteiger partial charge is 0.237 e. The highest BCUT2D eigenvalue weighted by Gasteiger charge is 2.11. The zero-order chi connectivity index (χ0) is 15.1. The first kappa shape index (κ1) is 16.6. The van der Waals surface area contributed by atoms with E-state index in [1.54, 1.807) is 18.2 Å². The van der Waals surface area contributed by atoms with Crippen LogP contribution in [0.15, 0.2) is 18.2 Å². The minimum atomic E-state index is -0.539. The minimum absolute atomic E-state index is 0.0835. The highest BCUT2D eigenvalue weighted by molar-refractivity contribution is 6.42. The zero-order valence-electron chi connectivity index (χ0n) is 11.1. The van der Waals surface area contributed by atoms with Crippen LogP contribution in [0.4, 0.5) is 0 Å². The average Bonchev–Trinajstić information content (AvgIpc) is 2.38. The lowest BCUT2D eigenvalue weighted by Crippen LogP contribution is -2.35. The third-order valence-corrected chi connectivity index (χ3v) is 3.33. The number of likely N-dealkylation sites (N-methyl/N-ethyl adjacent to an activating group) is 1. The Hall–Kier alpha value is -1.46. The molecule has 0 atom stereocenters. The van der Waals surface area contributed by atoms with E-state index in [2.05, 4.69) is 0 Å². The molecule has 0 fully saturated rings. The summed E-state index contributed by atoms with van der Waals surface area (Å²) < 4.78 is 5.45. The summed E-state index contributed by atoms with van der Waals surface area (Å²) in [5.41, 5.74) is 5.01. The fourth-order valence-electron chi connectivity index (χ4n) is 1.51. The largest absolute Gasteiger partial charge is 0.492 e. The molecule has 0 aliphatic rings. The zero-order valence-corrected chi connectivity index (χ0v) is 12.6. The topological polar surface area (TPSA) is 72.6 Å². The molecule has 0 heterocycles. The summed E-state index contributed by atoms with van der Waals surface area (Å²) in [6.07, 6.45) is 0.771. The van der Waals surface area contributed by atoms with Crippen molar-refractivity contribution in [3.8, 4) is 5.75 Å².